The number of ether oxygens (including phenoxy) is 1. The van der Waals surface area contributed by atoms with E-state index in [0.717, 1.165) is 0 Å². The van der Waals surface area contributed by atoms with Gasteiger partial charge in [-0.2, -0.15) is 0 Å². The van der Waals surface area contributed by atoms with Gasteiger partial charge in [-0.1, -0.05) is 19.9 Å². The van der Waals surface area contributed by atoms with Crippen LogP contribution < -0.4 is 0 Å². The lowest BCUT2D eigenvalue weighted by Crippen LogP contribution is -2.07. The molecule has 1 atom stereocenters. The van der Waals surface area contributed by atoms with E-state index in [1.54, 1.807) is 12.1 Å². The molecule has 0 spiro atoms. The highest BCUT2D eigenvalue weighted by molar-refractivity contribution is 5.43. The monoisotopic (exact) mass is 239 g/mol. The molecule has 0 saturated heterocycles. The van der Waals surface area contributed by atoms with E-state index in [2.05, 4.69) is 0 Å². The van der Waals surface area contributed by atoms with Crippen molar-refractivity contribution in [3.05, 3.63) is 39.4 Å². The van der Waals surface area contributed by atoms with E-state index in [0.29, 0.717) is 11.1 Å². The molecule has 0 aromatic heterocycles. The van der Waals surface area contributed by atoms with Gasteiger partial charge < -0.3 is 9.84 Å². The van der Waals surface area contributed by atoms with Crippen molar-refractivity contribution in [3.8, 4) is 0 Å². The van der Waals surface area contributed by atoms with E-state index in [1.807, 2.05) is 13.8 Å². The number of nitro groups is 1. The highest BCUT2D eigenvalue weighted by atomic mass is 16.6. The van der Waals surface area contributed by atoms with Crippen LogP contribution in [0, 0.1) is 16.0 Å². The van der Waals surface area contributed by atoms with Gasteiger partial charge in [-0.15, -0.1) is 0 Å². The van der Waals surface area contributed by atoms with Gasteiger partial charge in [0.2, 0.25) is 0 Å². The fraction of sp³-hybridized carbons (Fsp3) is 0.500. The molecule has 1 unspecified atom stereocenters. The molecule has 1 rings (SSSR count). The molecular weight excluding hydrogens is 222 g/mol. The van der Waals surface area contributed by atoms with Crippen LogP contribution in [0.1, 0.15) is 31.1 Å². The Hall–Kier alpha value is -1.46. The van der Waals surface area contributed by atoms with Crippen LogP contribution in [0.4, 0.5) is 5.69 Å². The molecule has 1 aromatic rings. The van der Waals surface area contributed by atoms with Crippen molar-refractivity contribution >= 4 is 5.69 Å². The van der Waals surface area contributed by atoms with Crippen LogP contribution in [0.2, 0.25) is 0 Å². The predicted molar refractivity (Wildman–Crippen MR) is 63.6 cm³/mol. The summed E-state index contributed by atoms with van der Waals surface area (Å²) in [4.78, 5) is 10.5. The van der Waals surface area contributed by atoms with Crippen LogP contribution in [-0.2, 0) is 11.3 Å². The summed E-state index contributed by atoms with van der Waals surface area (Å²) < 4.78 is 4.90. The van der Waals surface area contributed by atoms with Crippen molar-refractivity contribution < 1.29 is 14.8 Å². The maximum atomic E-state index is 10.9. The highest BCUT2D eigenvalue weighted by Gasteiger charge is 2.19. The third-order valence-corrected chi connectivity index (χ3v) is 2.58. The van der Waals surface area contributed by atoms with Crippen molar-refractivity contribution in [3.63, 3.8) is 0 Å². The Kier molecular flexibility index (Phi) is 4.60. The Morgan fingerprint density at radius 2 is 2.12 bits per heavy atom. The van der Waals surface area contributed by atoms with Gasteiger partial charge in [0, 0.05) is 13.2 Å². The summed E-state index contributed by atoms with van der Waals surface area (Å²) in [6.45, 7) is 3.91. The Balaban J connectivity index is 3.13. The average Bonchev–Trinajstić information content (AvgIpc) is 2.28. The first kappa shape index (κ1) is 13.6. The van der Waals surface area contributed by atoms with Crippen LogP contribution in [-0.4, -0.2) is 17.1 Å². The number of benzene rings is 1. The van der Waals surface area contributed by atoms with Crippen LogP contribution >= 0.6 is 0 Å². The molecule has 1 N–H and O–H groups in total. The maximum absolute atomic E-state index is 10.9. The Labute approximate surface area is 100 Å². The number of methoxy groups -OCH3 is 1. The van der Waals surface area contributed by atoms with Crippen LogP contribution in [0.3, 0.4) is 0 Å². The summed E-state index contributed by atoms with van der Waals surface area (Å²) in [5.41, 5.74) is 1.06. The van der Waals surface area contributed by atoms with E-state index in [-0.39, 0.29) is 18.2 Å². The standard InChI is InChI=1S/C12H17NO4/c1-8(2)12(14)9-4-5-10(7-17-3)11(6-9)13(15)16/h4-6,8,12,14H,7H2,1-3H3. The molecule has 0 aliphatic carbocycles. The van der Waals surface area contributed by atoms with Gasteiger partial charge >= 0.3 is 0 Å². The first-order valence-corrected chi connectivity index (χ1v) is 5.41. The second-order valence-corrected chi connectivity index (χ2v) is 4.27. The number of nitrogens with zero attached hydrogens (tertiary/aromatic N) is 1. The smallest absolute Gasteiger partial charge is 0.275 e. The fourth-order valence-electron chi connectivity index (χ4n) is 1.60. The molecule has 0 amide bonds. The van der Waals surface area contributed by atoms with Crippen molar-refractivity contribution in [2.75, 3.05) is 7.11 Å². The predicted octanol–water partition coefficient (Wildman–Crippen LogP) is 2.43. The number of rotatable bonds is 5. The minimum atomic E-state index is -0.690. The SMILES string of the molecule is COCc1ccc(C(O)C(C)C)cc1[N+](=O)[O-]. The lowest BCUT2D eigenvalue weighted by Gasteiger charge is -2.15. The zero-order chi connectivity index (χ0) is 13.0. The van der Waals surface area contributed by atoms with Crippen molar-refractivity contribution in [1.82, 2.24) is 0 Å². The molecule has 0 heterocycles. The van der Waals surface area contributed by atoms with Crippen LogP contribution in [0.5, 0.6) is 0 Å². The second kappa shape index (κ2) is 5.75. The Morgan fingerprint density at radius 1 is 1.47 bits per heavy atom. The lowest BCUT2D eigenvalue weighted by atomic mass is 9.97. The molecule has 0 bridgehead atoms. The van der Waals surface area contributed by atoms with E-state index < -0.39 is 11.0 Å². The zero-order valence-electron chi connectivity index (χ0n) is 10.2. The van der Waals surface area contributed by atoms with Crippen LogP contribution in [0.15, 0.2) is 18.2 Å². The molecule has 5 heteroatoms. The first-order chi connectivity index (χ1) is 7.97. The summed E-state index contributed by atoms with van der Waals surface area (Å²) in [5, 5.41) is 20.8. The van der Waals surface area contributed by atoms with Gasteiger partial charge in [-0.3, -0.25) is 10.1 Å². The number of hydrogen-bond acceptors (Lipinski definition) is 4. The number of aliphatic hydroxyl groups excluding tert-OH is 1. The van der Waals surface area contributed by atoms with E-state index in [1.165, 1.54) is 13.2 Å². The third-order valence-electron chi connectivity index (χ3n) is 2.58. The first-order valence-electron chi connectivity index (χ1n) is 5.41. The molecule has 5 nitrogen and oxygen atoms in total. The number of hydrogen-bond donors (Lipinski definition) is 1. The molecule has 0 fully saturated rings. The minimum Gasteiger partial charge on any atom is -0.388 e. The molecule has 0 aliphatic rings. The Bertz CT molecular complexity index is 403. The normalized spacial score (nSPS) is 12.8. The van der Waals surface area contributed by atoms with E-state index in [4.69, 9.17) is 4.74 Å². The topological polar surface area (TPSA) is 72.6 Å². The molecule has 17 heavy (non-hydrogen) atoms. The molecule has 0 radical (unpaired) electrons. The summed E-state index contributed by atoms with van der Waals surface area (Å²) in [7, 11) is 1.49. The minimum absolute atomic E-state index is 0.0101. The van der Waals surface area contributed by atoms with E-state index in [9.17, 15) is 15.2 Å². The number of nitro benzene ring substituents is 1. The summed E-state index contributed by atoms with van der Waals surface area (Å²) in [6, 6.07) is 4.74. The van der Waals surface area contributed by atoms with Crippen molar-refractivity contribution in [2.45, 2.75) is 26.6 Å². The molecule has 0 aliphatic heterocycles. The highest BCUT2D eigenvalue weighted by Crippen LogP contribution is 2.27. The third kappa shape index (κ3) is 3.25. The Morgan fingerprint density at radius 3 is 2.59 bits per heavy atom. The van der Waals surface area contributed by atoms with Gasteiger partial charge in [-0.25, -0.2) is 0 Å². The summed E-state index contributed by atoms with van der Waals surface area (Å²) >= 11 is 0. The van der Waals surface area contributed by atoms with Gasteiger partial charge in [0.1, 0.15) is 0 Å². The van der Waals surface area contributed by atoms with Crippen molar-refractivity contribution in [1.29, 1.82) is 0 Å². The zero-order valence-corrected chi connectivity index (χ0v) is 10.2. The van der Waals surface area contributed by atoms with Gasteiger partial charge in [0.05, 0.1) is 23.2 Å². The quantitative estimate of drug-likeness (QED) is 0.632. The number of aliphatic hydroxyl groups is 1. The molecule has 1 aromatic carbocycles. The largest absolute Gasteiger partial charge is 0.388 e. The lowest BCUT2D eigenvalue weighted by molar-refractivity contribution is -0.386. The van der Waals surface area contributed by atoms with Crippen LogP contribution in [0.25, 0.3) is 0 Å². The summed E-state index contributed by atoms with van der Waals surface area (Å²) in [5.74, 6) is 0.0166. The van der Waals surface area contributed by atoms with Gasteiger partial charge in [0.25, 0.3) is 5.69 Å². The van der Waals surface area contributed by atoms with Gasteiger partial charge in [0.15, 0.2) is 0 Å². The van der Waals surface area contributed by atoms with E-state index >= 15 is 0 Å². The maximum Gasteiger partial charge on any atom is 0.275 e. The molecule has 0 saturated carbocycles. The molecule has 94 valence electrons. The second-order valence-electron chi connectivity index (χ2n) is 4.27. The van der Waals surface area contributed by atoms with Gasteiger partial charge in [-0.05, 0) is 17.5 Å². The fourth-order valence-corrected chi connectivity index (χ4v) is 1.60. The average molecular weight is 239 g/mol. The summed E-state index contributed by atoms with van der Waals surface area (Å²) in [6.07, 6.45) is -0.690. The van der Waals surface area contributed by atoms with Crippen molar-refractivity contribution in [2.24, 2.45) is 5.92 Å². The molecular formula is C12H17NO4.